The summed E-state index contributed by atoms with van der Waals surface area (Å²) < 4.78 is 44.9. The largest absolute Gasteiger partial charge is 0.367 e. The smallest absolute Gasteiger partial charge is 0.211 e. The fourth-order valence-electron chi connectivity index (χ4n) is 4.03. The van der Waals surface area contributed by atoms with Crippen molar-refractivity contribution in [3.05, 3.63) is 35.6 Å². The third kappa shape index (κ3) is 5.67. The lowest BCUT2D eigenvalue weighted by Crippen LogP contribution is -2.51. The number of guanidine groups is 1. The monoisotopic (exact) mass is 426 g/mol. The number of halogens is 1. The van der Waals surface area contributed by atoms with E-state index >= 15 is 0 Å². The number of nitrogens with one attached hydrogen (secondary N) is 1. The molecule has 162 valence electrons. The van der Waals surface area contributed by atoms with Crippen LogP contribution in [0.4, 0.5) is 4.39 Å². The number of nitrogens with zero attached hydrogens (tertiary/aromatic N) is 3. The summed E-state index contributed by atoms with van der Waals surface area (Å²) in [6.07, 6.45) is 2.76. The minimum Gasteiger partial charge on any atom is -0.367 e. The first-order valence-corrected chi connectivity index (χ1v) is 12.0. The van der Waals surface area contributed by atoms with Gasteiger partial charge in [0.25, 0.3) is 0 Å². The molecule has 0 aromatic heterocycles. The van der Waals surface area contributed by atoms with Gasteiger partial charge < -0.3 is 15.0 Å². The van der Waals surface area contributed by atoms with Crippen LogP contribution in [0, 0.1) is 5.82 Å². The van der Waals surface area contributed by atoms with Gasteiger partial charge in [-0.1, -0.05) is 12.1 Å². The summed E-state index contributed by atoms with van der Waals surface area (Å²) in [7, 11) is -3.21. The predicted molar refractivity (Wildman–Crippen MR) is 112 cm³/mol. The normalized spacial score (nSPS) is 26.7. The molecule has 0 radical (unpaired) electrons. The van der Waals surface area contributed by atoms with Crippen LogP contribution in [0.5, 0.6) is 0 Å². The number of benzene rings is 1. The number of aliphatic imine (C=N–C) groups is 1. The van der Waals surface area contributed by atoms with Crippen LogP contribution < -0.4 is 5.32 Å². The van der Waals surface area contributed by atoms with Crippen LogP contribution in [0.15, 0.2) is 29.3 Å². The van der Waals surface area contributed by atoms with E-state index in [2.05, 4.69) is 10.2 Å². The Morgan fingerprint density at radius 2 is 2.03 bits per heavy atom. The van der Waals surface area contributed by atoms with Gasteiger partial charge in [-0.05, 0) is 44.4 Å². The molecule has 7 nitrogen and oxygen atoms in total. The highest BCUT2D eigenvalue weighted by Crippen LogP contribution is 2.26. The summed E-state index contributed by atoms with van der Waals surface area (Å²) >= 11 is 0. The van der Waals surface area contributed by atoms with Crippen molar-refractivity contribution in [2.45, 2.75) is 44.9 Å². The van der Waals surface area contributed by atoms with E-state index in [1.807, 2.05) is 13.8 Å². The summed E-state index contributed by atoms with van der Waals surface area (Å²) in [5.74, 6) is 0.492. The van der Waals surface area contributed by atoms with Crippen LogP contribution in [-0.2, 0) is 14.8 Å². The zero-order chi connectivity index (χ0) is 21.0. The quantitative estimate of drug-likeness (QED) is 0.576. The Kier molecular flexibility index (Phi) is 7.13. The van der Waals surface area contributed by atoms with Gasteiger partial charge in [0.15, 0.2) is 5.96 Å². The maximum atomic E-state index is 13.3. The molecule has 1 aromatic rings. The average Bonchev–Trinajstić information content (AvgIpc) is 3.14. The van der Waals surface area contributed by atoms with E-state index in [1.165, 1.54) is 18.4 Å². The van der Waals surface area contributed by atoms with Crippen LogP contribution in [0.3, 0.4) is 0 Å². The maximum absolute atomic E-state index is 13.3. The molecule has 9 heteroatoms. The lowest BCUT2D eigenvalue weighted by atomic mass is 10.1. The molecule has 2 unspecified atom stereocenters. The highest BCUT2D eigenvalue weighted by Gasteiger charge is 2.32. The molecule has 2 saturated heterocycles. The van der Waals surface area contributed by atoms with Crippen LogP contribution in [-0.4, -0.2) is 74.7 Å². The second kappa shape index (κ2) is 9.40. The van der Waals surface area contributed by atoms with Crippen molar-refractivity contribution >= 4 is 16.0 Å². The van der Waals surface area contributed by atoms with Crippen molar-refractivity contribution in [3.8, 4) is 0 Å². The summed E-state index contributed by atoms with van der Waals surface area (Å²) in [5.41, 5.74) is 0.929. The van der Waals surface area contributed by atoms with E-state index in [-0.39, 0.29) is 24.1 Å². The van der Waals surface area contributed by atoms with E-state index in [1.54, 1.807) is 16.4 Å². The van der Waals surface area contributed by atoms with Crippen molar-refractivity contribution in [2.75, 3.05) is 39.0 Å². The summed E-state index contributed by atoms with van der Waals surface area (Å²) in [5, 5.41) is 3.32. The van der Waals surface area contributed by atoms with Crippen molar-refractivity contribution in [1.82, 2.24) is 14.5 Å². The highest BCUT2D eigenvalue weighted by atomic mass is 32.2. The summed E-state index contributed by atoms with van der Waals surface area (Å²) in [6.45, 7) is 7.02. The molecule has 0 bridgehead atoms. The van der Waals surface area contributed by atoms with E-state index in [0.717, 1.165) is 24.4 Å². The van der Waals surface area contributed by atoms with Gasteiger partial charge in [-0.2, -0.15) is 4.31 Å². The maximum Gasteiger partial charge on any atom is 0.211 e. The number of sulfonamides is 1. The Morgan fingerprint density at radius 3 is 2.69 bits per heavy atom. The Labute approximate surface area is 173 Å². The van der Waals surface area contributed by atoms with Crippen molar-refractivity contribution in [3.63, 3.8) is 0 Å². The Bertz CT molecular complexity index is 816. The van der Waals surface area contributed by atoms with Gasteiger partial charge in [-0.3, -0.25) is 4.99 Å². The van der Waals surface area contributed by atoms with Crippen LogP contribution in [0.1, 0.15) is 38.4 Å². The fraction of sp³-hybridized carbons (Fsp3) is 0.650. The molecule has 2 aliphatic heterocycles. The summed E-state index contributed by atoms with van der Waals surface area (Å²) in [4.78, 5) is 6.91. The van der Waals surface area contributed by atoms with Gasteiger partial charge in [0.2, 0.25) is 10.0 Å². The number of hydrogen-bond acceptors (Lipinski definition) is 4. The SMILES string of the molecule is CCNC(=NC[C@H]1CCCN1S(C)(=O)=O)N1CC(C)OC(c2ccc(F)cc2)C1. The van der Waals surface area contributed by atoms with Crippen LogP contribution in [0.25, 0.3) is 0 Å². The second-order valence-corrected chi connectivity index (χ2v) is 9.69. The van der Waals surface area contributed by atoms with Gasteiger partial charge >= 0.3 is 0 Å². The lowest BCUT2D eigenvalue weighted by molar-refractivity contribution is -0.0605. The molecule has 3 atom stereocenters. The number of ether oxygens (including phenoxy) is 1. The van der Waals surface area contributed by atoms with Gasteiger partial charge in [0.1, 0.15) is 11.9 Å². The number of rotatable bonds is 5. The zero-order valence-corrected chi connectivity index (χ0v) is 18.2. The second-order valence-electron chi connectivity index (χ2n) is 7.76. The standard InChI is InChI=1S/C20H31FN4O3S/c1-4-22-20(23-12-18-6-5-11-25(18)29(3,26)27)24-13-15(2)28-19(14-24)16-7-9-17(21)10-8-16/h7-10,15,18-19H,4-6,11-14H2,1-3H3,(H,22,23)/t15?,18-,19?/m1/s1. The molecule has 0 amide bonds. The molecule has 0 spiro atoms. The minimum atomic E-state index is -3.21. The van der Waals surface area contributed by atoms with Crippen molar-refractivity contribution in [2.24, 2.45) is 4.99 Å². The van der Waals surface area contributed by atoms with Crippen LogP contribution in [0.2, 0.25) is 0 Å². The van der Waals surface area contributed by atoms with E-state index < -0.39 is 10.0 Å². The molecule has 2 aliphatic rings. The number of morpholine rings is 1. The highest BCUT2D eigenvalue weighted by molar-refractivity contribution is 7.88. The van der Waals surface area contributed by atoms with Gasteiger partial charge in [0.05, 0.1) is 25.4 Å². The Morgan fingerprint density at radius 1 is 1.31 bits per heavy atom. The predicted octanol–water partition coefficient (Wildman–Crippen LogP) is 1.98. The first kappa shape index (κ1) is 22.0. The molecule has 1 aromatic carbocycles. The minimum absolute atomic E-state index is 0.0124. The molecule has 3 rings (SSSR count). The van der Waals surface area contributed by atoms with Crippen molar-refractivity contribution in [1.29, 1.82) is 0 Å². The van der Waals surface area contributed by atoms with Crippen LogP contribution >= 0.6 is 0 Å². The molecule has 0 saturated carbocycles. The molecule has 0 aliphatic carbocycles. The zero-order valence-electron chi connectivity index (χ0n) is 17.3. The van der Waals surface area contributed by atoms with E-state index in [4.69, 9.17) is 9.73 Å². The van der Waals surface area contributed by atoms with E-state index in [9.17, 15) is 12.8 Å². The summed E-state index contributed by atoms with van der Waals surface area (Å²) in [6, 6.07) is 6.30. The number of hydrogen-bond donors (Lipinski definition) is 1. The van der Waals surface area contributed by atoms with Gasteiger partial charge in [-0.25, -0.2) is 12.8 Å². The molecule has 2 fully saturated rings. The van der Waals surface area contributed by atoms with Gasteiger partial charge in [-0.15, -0.1) is 0 Å². The first-order chi connectivity index (χ1) is 13.8. The van der Waals surface area contributed by atoms with Crippen molar-refractivity contribution < 1.29 is 17.5 Å². The van der Waals surface area contributed by atoms with E-state index in [0.29, 0.717) is 32.7 Å². The topological polar surface area (TPSA) is 74.2 Å². The fourth-order valence-corrected chi connectivity index (χ4v) is 5.21. The Balaban J connectivity index is 1.74. The molecular weight excluding hydrogens is 395 g/mol. The van der Waals surface area contributed by atoms with Gasteiger partial charge in [0, 0.05) is 25.7 Å². The third-order valence-electron chi connectivity index (χ3n) is 5.34. The molecular formula is C20H31FN4O3S. The molecule has 1 N–H and O–H groups in total. The Hall–Kier alpha value is -1.71. The molecule has 29 heavy (non-hydrogen) atoms. The lowest BCUT2D eigenvalue weighted by Gasteiger charge is -2.39. The third-order valence-corrected chi connectivity index (χ3v) is 6.67. The first-order valence-electron chi connectivity index (χ1n) is 10.2. The average molecular weight is 427 g/mol. The molecule has 2 heterocycles.